The second kappa shape index (κ2) is 4.39. The van der Waals surface area contributed by atoms with Crippen LogP contribution in [0.5, 0.6) is 0 Å². The van der Waals surface area contributed by atoms with Crippen LogP contribution in [-0.2, 0) is 0 Å². The van der Waals surface area contributed by atoms with Crippen molar-refractivity contribution in [3.63, 3.8) is 0 Å². The van der Waals surface area contributed by atoms with Crippen molar-refractivity contribution < 1.29 is 0 Å². The van der Waals surface area contributed by atoms with Crippen LogP contribution in [0.2, 0.25) is 0 Å². The first-order valence-corrected chi connectivity index (χ1v) is 4.58. The molecule has 0 bridgehead atoms. The first-order valence-electron chi connectivity index (χ1n) is 3.50. The van der Waals surface area contributed by atoms with Crippen LogP contribution in [0.15, 0.2) is 23.3 Å². The molecule has 0 aliphatic rings. The highest BCUT2D eigenvalue weighted by Gasteiger charge is 1.88. The predicted molar refractivity (Wildman–Crippen MR) is 58.8 cm³/mol. The quantitative estimate of drug-likeness (QED) is 0.468. The Morgan fingerprint density at radius 1 is 1.50 bits per heavy atom. The monoisotopic (exact) mass is 275 g/mol. The van der Waals surface area contributed by atoms with Gasteiger partial charge in [-0.05, 0) is 34.7 Å². The van der Waals surface area contributed by atoms with Crippen LogP contribution in [-0.4, -0.2) is 30.3 Å². The minimum absolute atomic E-state index is 0.740. The van der Waals surface area contributed by atoms with Gasteiger partial charge in [-0.2, -0.15) is 0 Å². The fourth-order valence-corrected chi connectivity index (χ4v) is 0.938. The normalized spacial score (nSPS) is 10.6. The van der Waals surface area contributed by atoms with E-state index >= 15 is 0 Å². The number of aromatic nitrogens is 1. The lowest BCUT2D eigenvalue weighted by Gasteiger charge is -2.01. The van der Waals surface area contributed by atoms with Crippen LogP contribution in [0.3, 0.4) is 0 Å². The summed E-state index contributed by atoms with van der Waals surface area (Å²) >= 11 is 2.21. The zero-order valence-electron chi connectivity index (χ0n) is 7.03. The molecule has 0 aliphatic carbocycles. The second-order valence-electron chi connectivity index (χ2n) is 2.54. The van der Waals surface area contributed by atoms with Crippen molar-refractivity contribution in [1.82, 2.24) is 9.88 Å². The lowest BCUT2D eigenvalue weighted by Crippen LogP contribution is -2.07. The van der Waals surface area contributed by atoms with Gasteiger partial charge in [0.1, 0.15) is 0 Å². The zero-order valence-corrected chi connectivity index (χ0v) is 9.19. The molecule has 0 fully saturated rings. The molecule has 1 heterocycles. The number of rotatable bonds is 2. The average Bonchev–Trinajstić information content (AvgIpc) is 2.03. The van der Waals surface area contributed by atoms with Crippen molar-refractivity contribution in [1.29, 1.82) is 0 Å². The van der Waals surface area contributed by atoms with E-state index in [-0.39, 0.29) is 0 Å². The highest BCUT2D eigenvalue weighted by atomic mass is 127. The number of pyridine rings is 1. The smallest absolute Gasteiger partial charge is 0.153 e. The number of nitrogens with zero attached hydrogens (tertiary/aromatic N) is 3. The van der Waals surface area contributed by atoms with E-state index in [1.54, 1.807) is 12.5 Å². The topological polar surface area (TPSA) is 28.5 Å². The Morgan fingerprint density at radius 3 is 2.75 bits per heavy atom. The highest BCUT2D eigenvalue weighted by Crippen LogP contribution is 2.09. The molecule has 0 radical (unpaired) electrons. The van der Waals surface area contributed by atoms with E-state index in [0.29, 0.717) is 0 Å². The molecule has 0 spiro atoms. The van der Waals surface area contributed by atoms with Crippen molar-refractivity contribution in [3.8, 4) is 0 Å². The Morgan fingerprint density at radius 2 is 2.25 bits per heavy atom. The third kappa shape index (κ3) is 3.17. The largest absolute Gasteiger partial charge is 0.369 e. The summed E-state index contributed by atoms with van der Waals surface area (Å²) in [6.07, 6.45) is 3.53. The van der Waals surface area contributed by atoms with Gasteiger partial charge in [-0.3, -0.25) is 0 Å². The highest BCUT2D eigenvalue weighted by molar-refractivity contribution is 14.1. The molecule has 0 aliphatic heterocycles. The molecule has 0 saturated heterocycles. The lowest BCUT2D eigenvalue weighted by atomic mass is 10.5. The predicted octanol–water partition coefficient (Wildman–Crippen LogP) is 1.91. The molecule has 0 N–H and O–H groups in total. The molecule has 64 valence electrons. The van der Waals surface area contributed by atoms with E-state index in [0.717, 1.165) is 9.39 Å². The molecule has 1 rings (SSSR count). The van der Waals surface area contributed by atoms with Gasteiger partial charge in [0.25, 0.3) is 0 Å². The van der Waals surface area contributed by atoms with Crippen LogP contribution in [0, 0.1) is 3.57 Å². The van der Waals surface area contributed by atoms with E-state index in [2.05, 4.69) is 32.6 Å². The molecule has 0 unspecified atom stereocenters. The van der Waals surface area contributed by atoms with Crippen molar-refractivity contribution >= 4 is 34.7 Å². The van der Waals surface area contributed by atoms with Crippen molar-refractivity contribution in [2.75, 3.05) is 14.1 Å². The summed E-state index contributed by atoms with van der Waals surface area (Å²) in [7, 11) is 3.85. The summed E-state index contributed by atoms with van der Waals surface area (Å²) in [6, 6.07) is 3.87. The van der Waals surface area contributed by atoms with E-state index in [1.165, 1.54) is 0 Å². The average molecular weight is 275 g/mol. The van der Waals surface area contributed by atoms with Crippen molar-refractivity contribution in [2.24, 2.45) is 4.99 Å². The van der Waals surface area contributed by atoms with Gasteiger partial charge < -0.3 is 4.90 Å². The minimum Gasteiger partial charge on any atom is -0.369 e. The standard InChI is InChI=1S/C8H10IN3/c1-12(2)6-11-8-4-3-7(9)5-10-8/h3-6H,1-2H3/b11-6-. The van der Waals surface area contributed by atoms with Crippen LogP contribution in [0.1, 0.15) is 0 Å². The minimum atomic E-state index is 0.740. The van der Waals surface area contributed by atoms with Crippen LogP contribution in [0.4, 0.5) is 5.82 Å². The van der Waals surface area contributed by atoms with Gasteiger partial charge >= 0.3 is 0 Å². The first-order chi connectivity index (χ1) is 5.68. The SMILES string of the molecule is CN(C)/C=N\c1ccc(I)cn1. The van der Waals surface area contributed by atoms with Gasteiger partial charge in [0.2, 0.25) is 0 Å². The molecule has 0 atom stereocenters. The molecular formula is C8H10IN3. The summed E-state index contributed by atoms with van der Waals surface area (Å²) in [5.74, 6) is 0.740. The fourth-order valence-electron chi connectivity index (χ4n) is 0.619. The number of hydrogen-bond donors (Lipinski definition) is 0. The Bertz CT molecular complexity index is 266. The van der Waals surface area contributed by atoms with Crippen LogP contribution < -0.4 is 0 Å². The zero-order chi connectivity index (χ0) is 8.97. The molecule has 3 nitrogen and oxygen atoms in total. The Kier molecular flexibility index (Phi) is 3.46. The molecule has 0 aromatic carbocycles. The molecule has 1 aromatic rings. The number of aliphatic imine (C=N–C) groups is 1. The third-order valence-electron chi connectivity index (χ3n) is 1.13. The maximum atomic E-state index is 4.13. The van der Waals surface area contributed by atoms with E-state index in [9.17, 15) is 0 Å². The number of halogens is 1. The van der Waals surface area contributed by atoms with E-state index < -0.39 is 0 Å². The van der Waals surface area contributed by atoms with Gasteiger partial charge in [0, 0.05) is 23.9 Å². The fraction of sp³-hybridized carbons (Fsp3) is 0.250. The van der Waals surface area contributed by atoms with Gasteiger partial charge in [0.05, 0.1) is 6.34 Å². The third-order valence-corrected chi connectivity index (χ3v) is 1.77. The van der Waals surface area contributed by atoms with E-state index in [1.807, 2.05) is 31.1 Å². The van der Waals surface area contributed by atoms with Crippen LogP contribution in [0.25, 0.3) is 0 Å². The Balaban J connectivity index is 2.71. The maximum absolute atomic E-state index is 4.13. The van der Waals surface area contributed by atoms with Crippen LogP contribution >= 0.6 is 22.6 Å². The summed E-state index contributed by atoms with van der Waals surface area (Å²) in [4.78, 5) is 10.1. The molecular weight excluding hydrogens is 265 g/mol. The molecule has 12 heavy (non-hydrogen) atoms. The first kappa shape index (κ1) is 9.44. The lowest BCUT2D eigenvalue weighted by molar-refractivity contribution is 0.643. The van der Waals surface area contributed by atoms with Gasteiger partial charge in [-0.1, -0.05) is 0 Å². The summed E-state index contributed by atoms with van der Waals surface area (Å²) < 4.78 is 1.12. The second-order valence-corrected chi connectivity index (χ2v) is 3.79. The molecule has 0 saturated carbocycles. The van der Waals surface area contributed by atoms with Gasteiger partial charge in [0.15, 0.2) is 5.82 Å². The van der Waals surface area contributed by atoms with Gasteiger partial charge in [-0.15, -0.1) is 0 Å². The summed E-state index contributed by atoms with van der Waals surface area (Å²) in [5, 5.41) is 0. The Labute approximate surface area is 85.7 Å². The Hall–Kier alpha value is -0.650. The molecule has 1 aromatic heterocycles. The maximum Gasteiger partial charge on any atom is 0.153 e. The number of hydrogen-bond acceptors (Lipinski definition) is 2. The van der Waals surface area contributed by atoms with Gasteiger partial charge in [-0.25, -0.2) is 9.98 Å². The summed E-state index contributed by atoms with van der Waals surface area (Å²) in [6.45, 7) is 0. The van der Waals surface area contributed by atoms with Crippen molar-refractivity contribution in [2.45, 2.75) is 0 Å². The summed E-state index contributed by atoms with van der Waals surface area (Å²) in [5.41, 5.74) is 0. The molecule has 0 amide bonds. The molecule has 4 heteroatoms. The van der Waals surface area contributed by atoms with Crippen molar-refractivity contribution in [3.05, 3.63) is 21.9 Å². The van der Waals surface area contributed by atoms with E-state index in [4.69, 9.17) is 0 Å².